The zero-order valence-electron chi connectivity index (χ0n) is 10.6. The number of benzene rings is 2. The zero-order chi connectivity index (χ0) is 12.8. The Balaban J connectivity index is 2.25. The summed E-state index contributed by atoms with van der Waals surface area (Å²) in [6.07, 6.45) is 2.26. The second kappa shape index (κ2) is 5.93. The summed E-state index contributed by atoms with van der Waals surface area (Å²) >= 11 is 0. The number of nitrogens with two attached hydrogens (primary N) is 1. The van der Waals surface area contributed by atoms with Crippen molar-refractivity contribution >= 4 is 5.69 Å². The average molecular weight is 235 g/mol. The van der Waals surface area contributed by atoms with E-state index >= 15 is 0 Å². The molecule has 0 fully saturated rings. The molecule has 90 valence electrons. The third kappa shape index (κ3) is 3.15. The normalized spacial score (nSPS) is 9.61. The van der Waals surface area contributed by atoms with Crippen molar-refractivity contribution in [2.75, 3.05) is 5.73 Å². The van der Waals surface area contributed by atoms with Gasteiger partial charge < -0.3 is 5.73 Å². The molecule has 0 aliphatic carbocycles. The Kier molecular flexibility index (Phi) is 4.04. The maximum absolute atomic E-state index is 5.86. The van der Waals surface area contributed by atoms with Crippen LogP contribution in [0.1, 0.15) is 30.0 Å². The van der Waals surface area contributed by atoms with Gasteiger partial charge in [-0.15, -0.1) is 0 Å². The quantitative estimate of drug-likeness (QED) is 0.624. The number of aryl methyl sites for hydroxylation is 1. The van der Waals surface area contributed by atoms with Crippen LogP contribution in [0.15, 0.2) is 48.5 Å². The number of hydrogen-bond donors (Lipinski definition) is 1. The highest BCUT2D eigenvalue weighted by Crippen LogP contribution is 2.10. The molecule has 0 aliphatic rings. The smallest absolute Gasteiger partial charge is 0.0478 e. The average Bonchev–Trinajstić information content (AvgIpc) is 2.39. The molecule has 2 rings (SSSR count). The van der Waals surface area contributed by atoms with Gasteiger partial charge in [0.25, 0.3) is 0 Å². The van der Waals surface area contributed by atoms with Gasteiger partial charge in [0.1, 0.15) is 0 Å². The van der Waals surface area contributed by atoms with E-state index < -0.39 is 0 Å². The van der Waals surface area contributed by atoms with Crippen LogP contribution in [0.2, 0.25) is 0 Å². The fourth-order valence-electron chi connectivity index (χ4n) is 1.84. The monoisotopic (exact) mass is 235 g/mol. The number of nitrogen functional groups attached to an aromatic ring is 1. The van der Waals surface area contributed by atoms with Gasteiger partial charge in [0, 0.05) is 16.8 Å². The Labute approximate surface area is 109 Å². The van der Waals surface area contributed by atoms with E-state index in [4.69, 9.17) is 5.73 Å². The second-order valence-corrected chi connectivity index (χ2v) is 4.29. The van der Waals surface area contributed by atoms with Crippen molar-refractivity contribution in [1.82, 2.24) is 0 Å². The van der Waals surface area contributed by atoms with Gasteiger partial charge in [-0.2, -0.15) is 0 Å². The minimum Gasteiger partial charge on any atom is -0.398 e. The van der Waals surface area contributed by atoms with Gasteiger partial charge in [0.15, 0.2) is 0 Å². The summed E-state index contributed by atoms with van der Waals surface area (Å²) < 4.78 is 0. The number of anilines is 1. The molecule has 0 unspecified atom stereocenters. The van der Waals surface area contributed by atoms with Gasteiger partial charge in [-0.1, -0.05) is 49.5 Å². The zero-order valence-corrected chi connectivity index (χ0v) is 10.6. The molecule has 0 bridgehead atoms. The van der Waals surface area contributed by atoms with Crippen molar-refractivity contribution in [2.24, 2.45) is 0 Å². The van der Waals surface area contributed by atoms with E-state index in [2.05, 4.69) is 37.0 Å². The Bertz CT molecular complexity index is 588. The fraction of sp³-hybridized carbons (Fsp3) is 0.176. The number of para-hydroxylation sites is 1. The van der Waals surface area contributed by atoms with Crippen molar-refractivity contribution in [3.8, 4) is 11.8 Å². The van der Waals surface area contributed by atoms with Crippen molar-refractivity contribution in [2.45, 2.75) is 19.8 Å². The SMILES string of the molecule is CCCc1cccc(C#Cc2ccccc2N)c1. The van der Waals surface area contributed by atoms with E-state index in [1.165, 1.54) is 5.56 Å². The molecule has 1 heteroatoms. The van der Waals surface area contributed by atoms with Crippen molar-refractivity contribution in [3.63, 3.8) is 0 Å². The van der Waals surface area contributed by atoms with Crippen LogP contribution in [0.25, 0.3) is 0 Å². The molecule has 0 heterocycles. The first-order chi connectivity index (χ1) is 8.79. The first-order valence-electron chi connectivity index (χ1n) is 6.25. The lowest BCUT2D eigenvalue weighted by Gasteiger charge is -1.99. The van der Waals surface area contributed by atoms with Gasteiger partial charge in [-0.25, -0.2) is 0 Å². The third-order valence-corrected chi connectivity index (χ3v) is 2.77. The summed E-state index contributed by atoms with van der Waals surface area (Å²) in [5, 5.41) is 0. The molecular weight excluding hydrogens is 218 g/mol. The minimum absolute atomic E-state index is 0.731. The van der Waals surface area contributed by atoms with Crippen LogP contribution in [-0.4, -0.2) is 0 Å². The van der Waals surface area contributed by atoms with Crippen LogP contribution in [-0.2, 0) is 6.42 Å². The van der Waals surface area contributed by atoms with Gasteiger partial charge in [0.2, 0.25) is 0 Å². The second-order valence-electron chi connectivity index (χ2n) is 4.29. The van der Waals surface area contributed by atoms with E-state index in [1.54, 1.807) is 0 Å². The molecule has 2 aromatic carbocycles. The van der Waals surface area contributed by atoms with Crippen molar-refractivity contribution in [3.05, 3.63) is 65.2 Å². The van der Waals surface area contributed by atoms with Crippen LogP contribution >= 0.6 is 0 Å². The summed E-state index contributed by atoms with van der Waals surface area (Å²) in [7, 11) is 0. The molecule has 0 atom stereocenters. The first kappa shape index (κ1) is 12.3. The highest BCUT2D eigenvalue weighted by Gasteiger charge is 1.94. The molecule has 0 radical (unpaired) electrons. The molecule has 0 saturated carbocycles. The molecule has 0 aromatic heterocycles. The molecule has 0 aliphatic heterocycles. The van der Waals surface area contributed by atoms with Crippen LogP contribution in [0, 0.1) is 11.8 Å². The van der Waals surface area contributed by atoms with Gasteiger partial charge >= 0.3 is 0 Å². The van der Waals surface area contributed by atoms with Gasteiger partial charge in [-0.3, -0.25) is 0 Å². The van der Waals surface area contributed by atoms with E-state index in [1.807, 2.05) is 30.3 Å². The lowest BCUT2D eigenvalue weighted by molar-refractivity contribution is 0.921. The summed E-state index contributed by atoms with van der Waals surface area (Å²) in [6.45, 7) is 2.18. The maximum Gasteiger partial charge on any atom is 0.0478 e. The summed E-state index contributed by atoms with van der Waals surface area (Å²) in [5.41, 5.74) is 9.86. The molecule has 1 nitrogen and oxygen atoms in total. The van der Waals surface area contributed by atoms with Crippen LogP contribution in [0.4, 0.5) is 5.69 Å². The number of rotatable bonds is 2. The molecule has 18 heavy (non-hydrogen) atoms. The van der Waals surface area contributed by atoms with E-state index in [0.29, 0.717) is 0 Å². The largest absolute Gasteiger partial charge is 0.398 e. The first-order valence-corrected chi connectivity index (χ1v) is 6.25. The summed E-state index contributed by atoms with van der Waals surface area (Å²) in [5.74, 6) is 6.29. The Morgan fingerprint density at radius 3 is 2.61 bits per heavy atom. The van der Waals surface area contributed by atoms with Crippen LogP contribution < -0.4 is 5.73 Å². The minimum atomic E-state index is 0.731. The van der Waals surface area contributed by atoms with E-state index in [0.717, 1.165) is 29.7 Å². The molecule has 0 spiro atoms. The maximum atomic E-state index is 5.86. The molecule has 0 amide bonds. The molecular formula is C17H17N. The van der Waals surface area contributed by atoms with Crippen LogP contribution in [0.3, 0.4) is 0 Å². The molecule has 0 saturated heterocycles. The highest BCUT2D eigenvalue weighted by molar-refractivity contribution is 5.57. The summed E-state index contributed by atoms with van der Waals surface area (Å²) in [4.78, 5) is 0. The number of hydrogen-bond acceptors (Lipinski definition) is 1. The van der Waals surface area contributed by atoms with E-state index in [-0.39, 0.29) is 0 Å². The third-order valence-electron chi connectivity index (χ3n) is 2.77. The topological polar surface area (TPSA) is 26.0 Å². The predicted octanol–water partition coefficient (Wildman–Crippen LogP) is 3.62. The Morgan fingerprint density at radius 2 is 1.83 bits per heavy atom. The lowest BCUT2D eigenvalue weighted by atomic mass is 10.1. The van der Waals surface area contributed by atoms with Gasteiger partial charge in [0.05, 0.1) is 0 Å². The highest BCUT2D eigenvalue weighted by atomic mass is 14.5. The standard InChI is InChI=1S/C17H17N/c1-2-6-14-7-5-8-15(13-14)11-12-16-9-3-4-10-17(16)18/h3-5,7-10,13H,2,6,18H2,1H3. The molecule has 2 N–H and O–H groups in total. The predicted molar refractivity (Wildman–Crippen MR) is 77.3 cm³/mol. The Morgan fingerprint density at radius 1 is 1.00 bits per heavy atom. The Hall–Kier alpha value is -2.20. The molecule has 2 aromatic rings. The van der Waals surface area contributed by atoms with Crippen molar-refractivity contribution in [1.29, 1.82) is 0 Å². The van der Waals surface area contributed by atoms with E-state index in [9.17, 15) is 0 Å². The van der Waals surface area contributed by atoms with Crippen LogP contribution in [0.5, 0.6) is 0 Å². The summed E-state index contributed by atoms with van der Waals surface area (Å²) in [6, 6.07) is 16.1. The van der Waals surface area contributed by atoms with Gasteiger partial charge in [-0.05, 0) is 36.2 Å². The lowest BCUT2D eigenvalue weighted by Crippen LogP contribution is -1.88. The van der Waals surface area contributed by atoms with Crippen molar-refractivity contribution < 1.29 is 0 Å². The fourth-order valence-corrected chi connectivity index (χ4v) is 1.84.